The maximum Gasteiger partial charge on any atom is 0.269 e. The van der Waals surface area contributed by atoms with Crippen LogP contribution in [0.5, 0.6) is 0 Å². The van der Waals surface area contributed by atoms with Gasteiger partial charge in [0, 0.05) is 18.6 Å². The second-order valence-electron chi connectivity index (χ2n) is 4.70. The molecule has 5 nitrogen and oxygen atoms in total. The highest BCUT2D eigenvalue weighted by Gasteiger charge is 2.05. The standard InChI is InChI=1S/C16H14N4O/c17-16(21)15-6-8-20(19-15)11-12-3-1-4-13(9-12)14-5-2-7-18-10-14/h1-10H,11H2,(H2,17,21). The minimum atomic E-state index is -0.516. The topological polar surface area (TPSA) is 73.8 Å². The SMILES string of the molecule is NC(=O)c1ccn(Cc2cccc(-c3cccnc3)c2)n1. The van der Waals surface area contributed by atoms with Crippen LogP contribution in [0.25, 0.3) is 11.1 Å². The summed E-state index contributed by atoms with van der Waals surface area (Å²) in [4.78, 5) is 15.2. The monoisotopic (exact) mass is 278 g/mol. The van der Waals surface area contributed by atoms with Crippen molar-refractivity contribution in [2.75, 3.05) is 0 Å². The van der Waals surface area contributed by atoms with Crippen molar-refractivity contribution in [3.63, 3.8) is 0 Å². The van der Waals surface area contributed by atoms with E-state index in [0.29, 0.717) is 6.54 Å². The van der Waals surface area contributed by atoms with Gasteiger partial charge in [0.05, 0.1) is 6.54 Å². The predicted octanol–water partition coefficient (Wildman–Crippen LogP) is 2.09. The number of hydrogen-bond acceptors (Lipinski definition) is 3. The summed E-state index contributed by atoms with van der Waals surface area (Å²) in [5.41, 5.74) is 8.74. The van der Waals surface area contributed by atoms with Crippen molar-refractivity contribution in [3.8, 4) is 11.1 Å². The van der Waals surface area contributed by atoms with Gasteiger partial charge in [-0.15, -0.1) is 0 Å². The molecule has 0 aliphatic rings. The van der Waals surface area contributed by atoms with Crippen LogP contribution in [-0.4, -0.2) is 20.7 Å². The van der Waals surface area contributed by atoms with Crippen LogP contribution in [0.4, 0.5) is 0 Å². The number of primary amides is 1. The van der Waals surface area contributed by atoms with Gasteiger partial charge in [0.15, 0.2) is 0 Å². The summed E-state index contributed by atoms with van der Waals surface area (Å²) >= 11 is 0. The molecule has 2 aromatic heterocycles. The van der Waals surface area contributed by atoms with E-state index in [4.69, 9.17) is 5.73 Å². The molecule has 0 saturated carbocycles. The van der Waals surface area contributed by atoms with Gasteiger partial charge in [0.25, 0.3) is 5.91 Å². The predicted molar refractivity (Wildman–Crippen MR) is 79.5 cm³/mol. The molecule has 1 amide bonds. The van der Waals surface area contributed by atoms with Gasteiger partial charge in [-0.2, -0.15) is 5.10 Å². The quantitative estimate of drug-likeness (QED) is 0.794. The third kappa shape index (κ3) is 2.97. The minimum absolute atomic E-state index is 0.276. The van der Waals surface area contributed by atoms with Gasteiger partial charge in [-0.25, -0.2) is 0 Å². The highest BCUT2D eigenvalue weighted by atomic mass is 16.1. The lowest BCUT2D eigenvalue weighted by Crippen LogP contribution is -2.12. The number of rotatable bonds is 4. The molecule has 5 heteroatoms. The molecule has 0 bridgehead atoms. The molecule has 0 radical (unpaired) electrons. The molecule has 0 aliphatic heterocycles. The van der Waals surface area contributed by atoms with E-state index in [0.717, 1.165) is 16.7 Å². The highest BCUT2D eigenvalue weighted by molar-refractivity contribution is 5.90. The first kappa shape index (κ1) is 13.1. The molecule has 3 aromatic rings. The van der Waals surface area contributed by atoms with Crippen molar-refractivity contribution in [2.45, 2.75) is 6.54 Å². The van der Waals surface area contributed by atoms with Crippen LogP contribution >= 0.6 is 0 Å². The van der Waals surface area contributed by atoms with E-state index in [9.17, 15) is 4.79 Å². The van der Waals surface area contributed by atoms with Crippen molar-refractivity contribution < 1.29 is 4.79 Å². The van der Waals surface area contributed by atoms with Crippen molar-refractivity contribution in [2.24, 2.45) is 5.73 Å². The van der Waals surface area contributed by atoms with Crippen molar-refractivity contribution in [3.05, 3.63) is 72.3 Å². The number of carbonyl (C=O) groups excluding carboxylic acids is 1. The number of pyridine rings is 1. The summed E-state index contributed by atoms with van der Waals surface area (Å²) < 4.78 is 1.70. The summed E-state index contributed by atoms with van der Waals surface area (Å²) in [6.07, 6.45) is 5.33. The summed E-state index contributed by atoms with van der Waals surface area (Å²) in [7, 11) is 0. The number of nitrogens with two attached hydrogens (primary N) is 1. The molecule has 2 N–H and O–H groups in total. The Balaban J connectivity index is 1.84. The average molecular weight is 278 g/mol. The van der Waals surface area contributed by atoms with Crippen LogP contribution in [0.1, 0.15) is 16.1 Å². The van der Waals surface area contributed by atoms with Gasteiger partial charge in [-0.1, -0.05) is 24.3 Å². The third-order valence-corrected chi connectivity index (χ3v) is 3.16. The molecule has 0 saturated heterocycles. The first-order chi connectivity index (χ1) is 10.2. The average Bonchev–Trinajstić information content (AvgIpc) is 2.97. The summed E-state index contributed by atoms with van der Waals surface area (Å²) in [6, 6.07) is 13.7. The van der Waals surface area contributed by atoms with Gasteiger partial charge in [-0.05, 0) is 34.9 Å². The van der Waals surface area contributed by atoms with E-state index in [1.165, 1.54) is 0 Å². The Labute approximate surface area is 122 Å². The van der Waals surface area contributed by atoms with Crippen LogP contribution in [0.3, 0.4) is 0 Å². The van der Waals surface area contributed by atoms with Gasteiger partial charge < -0.3 is 5.73 Å². The van der Waals surface area contributed by atoms with E-state index >= 15 is 0 Å². The number of carbonyl (C=O) groups is 1. The fraction of sp³-hybridized carbons (Fsp3) is 0.0625. The van der Waals surface area contributed by atoms with Crippen LogP contribution in [-0.2, 0) is 6.54 Å². The normalized spacial score (nSPS) is 10.5. The Morgan fingerprint density at radius 2 is 2.00 bits per heavy atom. The minimum Gasteiger partial charge on any atom is -0.364 e. The smallest absolute Gasteiger partial charge is 0.269 e. The van der Waals surface area contributed by atoms with Crippen molar-refractivity contribution in [1.82, 2.24) is 14.8 Å². The van der Waals surface area contributed by atoms with Crippen LogP contribution < -0.4 is 5.73 Å². The molecule has 2 heterocycles. The van der Waals surface area contributed by atoms with E-state index < -0.39 is 5.91 Å². The van der Waals surface area contributed by atoms with Crippen LogP contribution in [0.15, 0.2) is 61.1 Å². The maximum absolute atomic E-state index is 11.0. The second-order valence-corrected chi connectivity index (χ2v) is 4.70. The van der Waals surface area contributed by atoms with Gasteiger partial charge in [-0.3, -0.25) is 14.5 Å². The Kier molecular flexibility index (Phi) is 3.47. The fourth-order valence-electron chi connectivity index (χ4n) is 2.15. The number of hydrogen-bond donors (Lipinski definition) is 1. The zero-order chi connectivity index (χ0) is 14.7. The molecule has 3 rings (SSSR count). The van der Waals surface area contributed by atoms with Crippen LogP contribution in [0.2, 0.25) is 0 Å². The molecular weight excluding hydrogens is 264 g/mol. The van der Waals surface area contributed by atoms with E-state index in [-0.39, 0.29) is 5.69 Å². The molecular formula is C16H14N4O. The lowest BCUT2D eigenvalue weighted by Gasteiger charge is -2.05. The molecule has 21 heavy (non-hydrogen) atoms. The molecule has 0 fully saturated rings. The number of amides is 1. The van der Waals surface area contributed by atoms with E-state index in [1.807, 2.05) is 36.5 Å². The first-order valence-electron chi connectivity index (χ1n) is 6.55. The lowest BCUT2D eigenvalue weighted by molar-refractivity contribution is 0.0995. The third-order valence-electron chi connectivity index (χ3n) is 3.16. The summed E-state index contributed by atoms with van der Waals surface area (Å²) in [6.45, 7) is 0.585. The fourth-order valence-corrected chi connectivity index (χ4v) is 2.15. The lowest BCUT2D eigenvalue weighted by atomic mass is 10.1. The van der Waals surface area contributed by atoms with Gasteiger partial charge in [0.1, 0.15) is 5.69 Å². The zero-order valence-corrected chi connectivity index (χ0v) is 11.3. The van der Waals surface area contributed by atoms with E-state index in [1.54, 1.807) is 23.1 Å². The molecule has 1 aromatic carbocycles. The van der Waals surface area contributed by atoms with Crippen LogP contribution in [0, 0.1) is 0 Å². The second kappa shape index (κ2) is 5.58. The number of benzene rings is 1. The van der Waals surface area contributed by atoms with E-state index in [2.05, 4.69) is 16.1 Å². The largest absolute Gasteiger partial charge is 0.364 e. The number of aromatic nitrogens is 3. The van der Waals surface area contributed by atoms with Crippen molar-refractivity contribution in [1.29, 1.82) is 0 Å². The molecule has 0 aliphatic carbocycles. The Bertz CT molecular complexity index is 765. The molecule has 0 atom stereocenters. The Hall–Kier alpha value is -2.95. The zero-order valence-electron chi connectivity index (χ0n) is 11.3. The Morgan fingerprint density at radius 3 is 2.71 bits per heavy atom. The molecule has 0 unspecified atom stereocenters. The van der Waals surface area contributed by atoms with Gasteiger partial charge in [0.2, 0.25) is 0 Å². The summed E-state index contributed by atoms with van der Waals surface area (Å²) in [5.74, 6) is -0.516. The Morgan fingerprint density at radius 1 is 1.14 bits per heavy atom. The van der Waals surface area contributed by atoms with Crippen molar-refractivity contribution >= 4 is 5.91 Å². The van der Waals surface area contributed by atoms with Gasteiger partial charge >= 0.3 is 0 Å². The summed E-state index contributed by atoms with van der Waals surface area (Å²) in [5, 5.41) is 4.14. The first-order valence-corrected chi connectivity index (χ1v) is 6.55. The molecule has 104 valence electrons. The maximum atomic E-state index is 11.0. The molecule has 0 spiro atoms. The highest BCUT2D eigenvalue weighted by Crippen LogP contribution is 2.19. The number of nitrogens with zero attached hydrogens (tertiary/aromatic N) is 3.